The van der Waals surface area contributed by atoms with Crippen molar-refractivity contribution < 1.29 is 0 Å². The normalized spacial score (nSPS) is 23.1. The molecule has 1 unspecified atom stereocenters. The zero-order valence-electron chi connectivity index (χ0n) is 9.98. The second kappa shape index (κ2) is 4.17. The van der Waals surface area contributed by atoms with Crippen LogP contribution in [0.1, 0.15) is 26.7 Å². The van der Waals surface area contributed by atoms with Crippen LogP contribution < -0.4 is 4.90 Å². The van der Waals surface area contributed by atoms with Crippen molar-refractivity contribution in [2.45, 2.75) is 32.2 Å². The van der Waals surface area contributed by atoms with Crippen LogP contribution in [-0.2, 0) is 0 Å². The zero-order chi connectivity index (χ0) is 11.6. The van der Waals surface area contributed by atoms with E-state index < -0.39 is 0 Å². The summed E-state index contributed by atoms with van der Waals surface area (Å²) in [6.07, 6.45) is 1.78. The molecule has 0 spiro atoms. The number of anilines is 1. The van der Waals surface area contributed by atoms with Crippen LogP contribution in [0.2, 0.25) is 0 Å². The van der Waals surface area contributed by atoms with Crippen LogP contribution in [0.3, 0.4) is 0 Å². The predicted molar refractivity (Wildman–Crippen MR) is 66.2 cm³/mol. The molecule has 1 atom stereocenters. The predicted octanol–water partition coefficient (Wildman–Crippen LogP) is 3.21. The highest BCUT2D eigenvalue weighted by Crippen LogP contribution is 2.37. The first-order valence-electron chi connectivity index (χ1n) is 5.83. The summed E-state index contributed by atoms with van der Waals surface area (Å²) in [5.74, 6) is 0.514. The zero-order valence-corrected chi connectivity index (χ0v) is 9.98. The second-order valence-electron chi connectivity index (χ2n) is 5.19. The fourth-order valence-corrected chi connectivity index (χ4v) is 2.72. The highest BCUT2D eigenvalue weighted by Gasteiger charge is 2.37. The van der Waals surface area contributed by atoms with Crippen molar-refractivity contribution in [2.75, 3.05) is 11.4 Å². The van der Waals surface area contributed by atoms with Gasteiger partial charge < -0.3 is 4.90 Å². The van der Waals surface area contributed by atoms with Gasteiger partial charge in [-0.2, -0.15) is 5.26 Å². The second-order valence-corrected chi connectivity index (χ2v) is 5.19. The van der Waals surface area contributed by atoms with Gasteiger partial charge in [-0.15, -0.1) is 0 Å². The lowest BCUT2D eigenvalue weighted by Crippen LogP contribution is -2.38. The summed E-state index contributed by atoms with van der Waals surface area (Å²) < 4.78 is 0. The molecule has 0 bridgehead atoms. The smallest absolute Gasteiger partial charge is 0.0625 e. The molecule has 84 valence electrons. The third kappa shape index (κ3) is 2.04. The maximum absolute atomic E-state index is 8.79. The van der Waals surface area contributed by atoms with E-state index in [4.69, 9.17) is 5.26 Å². The van der Waals surface area contributed by atoms with E-state index >= 15 is 0 Å². The van der Waals surface area contributed by atoms with Crippen molar-refractivity contribution in [3.63, 3.8) is 0 Å². The van der Waals surface area contributed by atoms with Gasteiger partial charge in [0.2, 0.25) is 0 Å². The maximum atomic E-state index is 8.79. The molecule has 2 rings (SSSR count). The van der Waals surface area contributed by atoms with E-state index in [0.717, 1.165) is 13.0 Å². The lowest BCUT2D eigenvalue weighted by Gasteiger charge is -2.33. The Hall–Kier alpha value is -1.49. The Balaban J connectivity index is 2.20. The third-order valence-corrected chi connectivity index (χ3v) is 3.41. The van der Waals surface area contributed by atoms with Gasteiger partial charge in [0.25, 0.3) is 0 Å². The molecule has 1 saturated heterocycles. The summed E-state index contributed by atoms with van der Waals surface area (Å²) in [5, 5.41) is 8.79. The number of para-hydroxylation sites is 1. The van der Waals surface area contributed by atoms with Crippen molar-refractivity contribution in [3.8, 4) is 6.07 Å². The lowest BCUT2D eigenvalue weighted by atomic mass is 9.95. The van der Waals surface area contributed by atoms with E-state index in [1.165, 1.54) is 5.69 Å². The molecule has 0 saturated carbocycles. The molecule has 0 amide bonds. The molecule has 1 fully saturated rings. The first-order chi connectivity index (χ1) is 7.63. The Labute approximate surface area is 97.5 Å². The van der Waals surface area contributed by atoms with Crippen molar-refractivity contribution >= 4 is 5.69 Å². The quantitative estimate of drug-likeness (QED) is 0.756. The molecule has 1 aromatic carbocycles. The minimum Gasteiger partial charge on any atom is -0.366 e. The van der Waals surface area contributed by atoms with Crippen LogP contribution in [-0.4, -0.2) is 12.1 Å². The third-order valence-electron chi connectivity index (χ3n) is 3.41. The molecule has 16 heavy (non-hydrogen) atoms. The van der Waals surface area contributed by atoms with Gasteiger partial charge in [-0.1, -0.05) is 18.2 Å². The number of hydrogen-bond acceptors (Lipinski definition) is 2. The molecule has 0 aromatic heterocycles. The molecule has 2 nitrogen and oxygen atoms in total. The minimum atomic E-state index is 0.170. The van der Waals surface area contributed by atoms with Crippen LogP contribution in [0.15, 0.2) is 30.3 Å². The standard InChI is InChI=1S/C14H18N2/c1-14(2)10-12(8-9-15)11-16(14)13-6-4-3-5-7-13/h3-7,12H,8,10-11H2,1-2H3. The van der Waals surface area contributed by atoms with Crippen molar-refractivity contribution in [2.24, 2.45) is 5.92 Å². The molecule has 1 heterocycles. The topological polar surface area (TPSA) is 27.0 Å². The summed E-state index contributed by atoms with van der Waals surface area (Å²) in [7, 11) is 0. The summed E-state index contributed by atoms with van der Waals surface area (Å²) in [6, 6.07) is 12.8. The number of nitrogens with zero attached hydrogens (tertiary/aromatic N) is 2. The van der Waals surface area contributed by atoms with E-state index in [-0.39, 0.29) is 5.54 Å². The fraction of sp³-hybridized carbons (Fsp3) is 0.500. The van der Waals surface area contributed by atoms with Crippen LogP contribution in [0, 0.1) is 17.2 Å². The number of hydrogen-bond donors (Lipinski definition) is 0. The van der Waals surface area contributed by atoms with Gasteiger partial charge in [-0.25, -0.2) is 0 Å². The molecular weight excluding hydrogens is 196 g/mol. The molecular formula is C14H18N2. The SMILES string of the molecule is CC1(C)CC(CC#N)CN1c1ccccc1. The van der Waals surface area contributed by atoms with Crippen molar-refractivity contribution in [3.05, 3.63) is 30.3 Å². The van der Waals surface area contributed by atoms with Crippen molar-refractivity contribution in [1.29, 1.82) is 5.26 Å². The van der Waals surface area contributed by atoms with Gasteiger partial charge in [-0.05, 0) is 38.3 Å². The largest absolute Gasteiger partial charge is 0.366 e. The number of rotatable bonds is 2. The maximum Gasteiger partial charge on any atom is 0.0625 e. The van der Waals surface area contributed by atoms with Crippen LogP contribution in [0.5, 0.6) is 0 Å². The Morgan fingerprint density at radius 1 is 1.38 bits per heavy atom. The average Bonchev–Trinajstić information content (AvgIpc) is 2.55. The molecule has 1 aromatic rings. The van der Waals surface area contributed by atoms with E-state index in [9.17, 15) is 0 Å². The first-order valence-corrected chi connectivity index (χ1v) is 5.83. The number of nitriles is 1. The van der Waals surface area contributed by atoms with Crippen molar-refractivity contribution in [1.82, 2.24) is 0 Å². The Bertz CT molecular complexity index is 389. The van der Waals surface area contributed by atoms with Crippen LogP contribution >= 0.6 is 0 Å². The molecule has 0 radical (unpaired) electrons. The molecule has 1 aliphatic heterocycles. The lowest BCUT2D eigenvalue weighted by molar-refractivity contribution is 0.476. The fourth-order valence-electron chi connectivity index (χ4n) is 2.72. The Morgan fingerprint density at radius 3 is 2.69 bits per heavy atom. The van der Waals surface area contributed by atoms with Gasteiger partial charge in [0.05, 0.1) is 6.07 Å². The summed E-state index contributed by atoms with van der Waals surface area (Å²) in [6.45, 7) is 5.53. The van der Waals surface area contributed by atoms with Gasteiger partial charge in [-0.3, -0.25) is 0 Å². The Kier molecular flexibility index (Phi) is 2.87. The summed E-state index contributed by atoms with van der Waals surface area (Å²) in [4.78, 5) is 2.43. The highest BCUT2D eigenvalue weighted by molar-refractivity contribution is 5.50. The minimum absolute atomic E-state index is 0.170. The summed E-state index contributed by atoms with van der Waals surface area (Å²) in [5.41, 5.74) is 1.44. The van der Waals surface area contributed by atoms with Crippen LogP contribution in [0.4, 0.5) is 5.69 Å². The van der Waals surface area contributed by atoms with Gasteiger partial charge >= 0.3 is 0 Å². The Morgan fingerprint density at radius 2 is 2.06 bits per heavy atom. The molecule has 0 aliphatic carbocycles. The van der Waals surface area contributed by atoms with Gasteiger partial charge in [0, 0.05) is 24.2 Å². The molecule has 0 N–H and O–H groups in total. The number of benzene rings is 1. The average molecular weight is 214 g/mol. The monoisotopic (exact) mass is 214 g/mol. The molecule has 2 heteroatoms. The van der Waals surface area contributed by atoms with E-state index in [0.29, 0.717) is 12.3 Å². The van der Waals surface area contributed by atoms with Gasteiger partial charge in [0.15, 0.2) is 0 Å². The first kappa shape index (κ1) is 11.0. The van der Waals surface area contributed by atoms with Gasteiger partial charge in [0.1, 0.15) is 0 Å². The van der Waals surface area contributed by atoms with E-state index in [1.807, 2.05) is 6.07 Å². The van der Waals surface area contributed by atoms with E-state index in [1.54, 1.807) is 0 Å². The summed E-state index contributed by atoms with van der Waals surface area (Å²) >= 11 is 0. The molecule has 1 aliphatic rings. The van der Waals surface area contributed by atoms with E-state index in [2.05, 4.69) is 49.1 Å². The highest BCUT2D eigenvalue weighted by atomic mass is 15.2. The van der Waals surface area contributed by atoms with Crippen LogP contribution in [0.25, 0.3) is 0 Å².